The van der Waals surface area contributed by atoms with Crippen molar-refractivity contribution in [1.29, 1.82) is 0 Å². The number of nitrogens with one attached hydrogen (secondary N) is 1. The van der Waals surface area contributed by atoms with Crippen LogP contribution in [0.2, 0.25) is 0 Å². The Balaban J connectivity index is 0. The van der Waals surface area contributed by atoms with E-state index in [1.807, 2.05) is 27.7 Å². The zero-order valence-corrected chi connectivity index (χ0v) is 23.1. The molecule has 2 heteroatoms. The van der Waals surface area contributed by atoms with Gasteiger partial charge in [-0.25, -0.2) is 0 Å². The van der Waals surface area contributed by atoms with Crippen LogP contribution >= 0.6 is 0 Å². The molecule has 1 aromatic carbocycles. The van der Waals surface area contributed by atoms with Crippen LogP contribution in [0.3, 0.4) is 0 Å². The van der Waals surface area contributed by atoms with Crippen LogP contribution in [0.5, 0.6) is 0 Å². The van der Waals surface area contributed by atoms with Gasteiger partial charge in [-0.3, -0.25) is 0 Å². The van der Waals surface area contributed by atoms with E-state index in [-0.39, 0.29) is 5.78 Å². The summed E-state index contributed by atoms with van der Waals surface area (Å²) in [6.07, 6.45) is 8.44. The van der Waals surface area contributed by atoms with Crippen molar-refractivity contribution in [2.75, 3.05) is 13.1 Å². The largest absolute Gasteiger partial charge is 0.316 e. The highest BCUT2D eigenvalue weighted by Gasteiger charge is 2.16. The van der Waals surface area contributed by atoms with Crippen molar-refractivity contribution in [2.24, 2.45) is 17.8 Å². The van der Waals surface area contributed by atoms with Gasteiger partial charge < -0.3 is 10.1 Å². The van der Waals surface area contributed by atoms with Crippen molar-refractivity contribution >= 4 is 5.78 Å². The molecule has 1 N–H and O–H groups in total. The normalized spacial score (nSPS) is 15.8. The Labute approximate surface area is 201 Å². The quantitative estimate of drug-likeness (QED) is 0.463. The second kappa shape index (κ2) is 20.2. The minimum atomic E-state index is 0.287. The number of aryl methyl sites for hydroxylation is 2. The second-order valence-corrected chi connectivity index (χ2v) is 9.54. The second-order valence-electron chi connectivity index (χ2n) is 9.54. The lowest BCUT2D eigenvalue weighted by molar-refractivity contribution is -0.117. The summed E-state index contributed by atoms with van der Waals surface area (Å²) in [6, 6.07) is 4.98. The van der Waals surface area contributed by atoms with Crippen LogP contribution in [0.1, 0.15) is 103 Å². The molecule has 1 heterocycles. The van der Waals surface area contributed by atoms with Crippen molar-refractivity contribution in [3.8, 4) is 0 Å². The summed E-state index contributed by atoms with van der Waals surface area (Å²) in [5, 5.41) is 3.62. The van der Waals surface area contributed by atoms with E-state index in [1.54, 1.807) is 23.6 Å². The van der Waals surface area contributed by atoms with Gasteiger partial charge in [-0.05, 0) is 105 Å². The van der Waals surface area contributed by atoms with E-state index >= 15 is 0 Å². The molecule has 1 aliphatic rings. The number of ketones is 1. The first-order valence-corrected chi connectivity index (χ1v) is 13.0. The molecule has 1 atom stereocenters. The Morgan fingerprint density at radius 3 is 2.16 bits per heavy atom. The van der Waals surface area contributed by atoms with Gasteiger partial charge in [0.15, 0.2) is 0 Å². The zero-order valence-electron chi connectivity index (χ0n) is 23.1. The van der Waals surface area contributed by atoms with E-state index < -0.39 is 0 Å². The molecule has 2 rings (SSSR count). The van der Waals surface area contributed by atoms with Gasteiger partial charge in [0.1, 0.15) is 5.78 Å². The van der Waals surface area contributed by atoms with Crippen LogP contribution in [0.15, 0.2) is 25.3 Å². The van der Waals surface area contributed by atoms with Gasteiger partial charge in [-0.2, -0.15) is 0 Å². The number of carbonyl (C=O) groups is 1. The van der Waals surface area contributed by atoms with Crippen LogP contribution in [-0.4, -0.2) is 18.9 Å². The lowest BCUT2D eigenvalue weighted by atomic mass is 9.84. The van der Waals surface area contributed by atoms with E-state index in [0.29, 0.717) is 5.92 Å². The molecule has 2 nitrogen and oxygen atoms in total. The molecule has 1 unspecified atom stereocenters. The molecule has 0 amide bonds. The maximum absolute atomic E-state index is 10.3. The number of benzene rings is 1. The fourth-order valence-electron chi connectivity index (χ4n) is 4.39. The molecule has 0 bridgehead atoms. The van der Waals surface area contributed by atoms with Crippen molar-refractivity contribution < 1.29 is 4.79 Å². The Kier molecular flexibility index (Phi) is 20.7. The zero-order chi connectivity index (χ0) is 25.1. The summed E-state index contributed by atoms with van der Waals surface area (Å²) >= 11 is 0. The highest BCUT2D eigenvalue weighted by atomic mass is 16.1. The summed E-state index contributed by atoms with van der Waals surface area (Å²) < 4.78 is 0. The van der Waals surface area contributed by atoms with Crippen LogP contribution in [0.4, 0.5) is 0 Å². The first kappa shape index (κ1) is 32.8. The molecular formula is C30H55NO. The highest BCUT2D eigenvalue weighted by molar-refractivity contribution is 5.75. The third-order valence-corrected chi connectivity index (χ3v) is 5.59. The molecule has 0 radical (unpaired) electrons. The summed E-state index contributed by atoms with van der Waals surface area (Å²) in [5.74, 6) is 2.48. The van der Waals surface area contributed by atoms with Gasteiger partial charge >= 0.3 is 0 Å². The summed E-state index contributed by atoms with van der Waals surface area (Å²) in [7, 11) is 0. The fourth-order valence-corrected chi connectivity index (χ4v) is 4.39. The van der Waals surface area contributed by atoms with Crippen LogP contribution in [-0.2, 0) is 24.1 Å². The van der Waals surface area contributed by atoms with E-state index in [9.17, 15) is 4.79 Å². The summed E-state index contributed by atoms with van der Waals surface area (Å²) in [4.78, 5) is 10.3. The average Bonchev–Trinajstić information content (AvgIpc) is 2.74. The molecule has 0 aliphatic carbocycles. The monoisotopic (exact) mass is 445 g/mol. The van der Waals surface area contributed by atoms with Gasteiger partial charge in [0.25, 0.3) is 0 Å². The molecule has 1 aliphatic heterocycles. The van der Waals surface area contributed by atoms with Gasteiger partial charge in [0.05, 0.1) is 0 Å². The third-order valence-electron chi connectivity index (χ3n) is 5.59. The number of hydrogen-bond donors (Lipinski definition) is 1. The highest BCUT2D eigenvalue weighted by Crippen LogP contribution is 2.27. The summed E-state index contributed by atoms with van der Waals surface area (Å²) in [5.41, 5.74) is 6.25. The number of hydrogen-bond acceptors (Lipinski definition) is 2. The Morgan fingerprint density at radius 1 is 1.06 bits per heavy atom. The molecule has 186 valence electrons. The number of rotatable bonds is 5. The van der Waals surface area contributed by atoms with E-state index in [1.165, 1.54) is 44.2 Å². The topological polar surface area (TPSA) is 29.1 Å². The van der Waals surface area contributed by atoms with Crippen molar-refractivity contribution in [3.63, 3.8) is 0 Å². The van der Waals surface area contributed by atoms with E-state index in [4.69, 9.17) is 0 Å². The minimum Gasteiger partial charge on any atom is -0.316 e. The molecular weight excluding hydrogens is 390 g/mol. The average molecular weight is 446 g/mol. The molecule has 0 spiro atoms. The van der Waals surface area contributed by atoms with Crippen LogP contribution in [0.25, 0.3) is 0 Å². The predicted octanol–water partition coefficient (Wildman–Crippen LogP) is 8.14. The van der Waals surface area contributed by atoms with E-state index in [0.717, 1.165) is 31.2 Å². The summed E-state index contributed by atoms with van der Waals surface area (Å²) in [6.45, 7) is 27.3. The van der Waals surface area contributed by atoms with Crippen molar-refractivity contribution in [2.45, 2.75) is 107 Å². The lowest BCUT2D eigenvalue weighted by Gasteiger charge is -2.23. The Morgan fingerprint density at radius 2 is 1.69 bits per heavy atom. The minimum absolute atomic E-state index is 0.287. The Hall–Kier alpha value is -1.41. The number of carbonyl (C=O) groups excluding carboxylic acids is 1. The molecule has 0 fully saturated rings. The molecule has 0 saturated heterocycles. The standard InChI is InChI=1S/C20H33N.C6H12O.C2H6.C2H4/c1-5-18-14-20-13-17(11-15(2)3)7-6-9-21-10-8-19(20)12-16(18)4;1-5(2)4-6(3)7;2*1-2/h12,14-15,17,21H,5-11,13H2,1-4H3;5H,4H2,1-3H3;1-2H3;1-2H2. The number of Topliss-reactive ketones (excluding diaryl/α,β-unsaturated/α-hetero) is 1. The third kappa shape index (κ3) is 15.4. The smallest absolute Gasteiger partial charge is 0.130 e. The van der Waals surface area contributed by atoms with E-state index in [2.05, 4.69) is 58.3 Å². The SMILES string of the molecule is C=C.CC.CC(=O)CC(C)C.CCc1cc2c(cc1C)CCNCCCC(CC(C)C)C2. The van der Waals surface area contributed by atoms with Crippen LogP contribution in [0, 0.1) is 24.7 Å². The Bertz CT molecular complexity index is 603. The maximum Gasteiger partial charge on any atom is 0.130 e. The molecule has 0 aromatic heterocycles. The number of fused-ring (bicyclic) bond motifs is 1. The van der Waals surface area contributed by atoms with Gasteiger partial charge in [0, 0.05) is 6.42 Å². The first-order chi connectivity index (χ1) is 15.2. The molecule has 0 saturated carbocycles. The van der Waals surface area contributed by atoms with Crippen molar-refractivity contribution in [3.05, 3.63) is 47.5 Å². The van der Waals surface area contributed by atoms with Gasteiger partial charge in [0.2, 0.25) is 0 Å². The lowest BCUT2D eigenvalue weighted by Crippen LogP contribution is -2.22. The van der Waals surface area contributed by atoms with Crippen molar-refractivity contribution in [1.82, 2.24) is 5.32 Å². The first-order valence-electron chi connectivity index (χ1n) is 13.0. The maximum atomic E-state index is 10.3. The van der Waals surface area contributed by atoms with Gasteiger partial charge in [-0.1, -0.05) is 60.6 Å². The fraction of sp³-hybridized carbons (Fsp3) is 0.700. The predicted molar refractivity (Wildman–Crippen MR) is 146 cm³/mol. The van der Waals surface area contributed by atoms with Crippen LogP contribution < -0.4 is 5.32 Å². The van der Waals surface area contributed by atoms with Gasteiger partial charge in [-0.15, -0.1) is 13.2 Å². The molecule has 32 heavy (non-hydrogen) atoms. The molecule has 1 aromatic rings.